The molecule has 0 aromatic heterocycles. The van der Waals surface area contributed by atoms with Crippen LogP contribution >= 0.6 is 0 Å². The molecule has 0 spiro atoms. The van der Waals surface area contributed by atoms with Crippen LogP contribution in [0, 0.1) is 43.4 Å². The van der Waals surface area contributed by atoms with Gasteiger partial charge in [0.05, 0.1) is 19.3 Å². The molecule has 232 valence electrons. The van der Waals surface area contributed by atoms with Gasteiger partial charge in [-0.2, -0.15) is 0 Å². The summed E-state index contributed by atoms with van der Waals surface area (Å²) < 4.78 is 15.7. The lowest BCUT2D eigenvalue weighted by Crippen LogP contribution is -2.27. The topological polar surface area (TPSA) is 27.7 Å². The Hall–Kier alpha value is -1.16. The minimum atomic E-state index is 0.0196. The van der Waals surface area contributed by atoms with Crippen LogP contribution in [0.1, 0.15) is 124 Å². The highest BCUT2D eigenvalue weighted by Crippen LogP contribution is 2.27. The van der Waals surface area contributed by atoms with Crippen molar-refractivity contribution < 1.29 is 14.2 Å². The van der Waals surface area contributed by atoms with Crippen LogP contribution < -0.4 is 0 Å². The molecule has 5 rings (SSSR count). The first-order valence-corrected chi connectivity index (χ1v) is 16.5. The first-order chi connectivity index (χ1) is 18.9. The number of hydrogen-bond donors (Lipinski definition) is 0. The van der Waals surface area contributed by atoms with Crippen LogP contribution in [0.3, 0.4) is 0 Å². The van der Waals surface area contributed by atoms with Gasteiger partial charge in [0.25, 0.3) is 0 Å². The van der Waals surface area contributed by atoms with Crippen molar-refractivity contribution in [2.24, 2.45) is 29.6 Å². The largest absolute Gasteiger partial charge is 0.378 e. The molecule has 2 aliphatic carbocycles. The van der Waals surface area contributed by atoms with E-state index in [1.54, 1.807) is 5.57 Å². The first-order valence-electron chi connectivity index (χ1n) is 16.5. The third-order valence-corrected chi connectivity index (χ3v) is 8.39. The number of rotatable bonds is 0. The quantitative estimate of drug-likeness (QED) is 0.296. The lowest BCUT2D eigenvalue weighted by molar-refractivity contribution is -0.187. The minimum Gasteiger partial charge on any atom is -0.378 e. The maximum absolute atomic E-state index is 5.39. The van der Waals surface area contributed by atoms with E-state index >= 15 is 0 Å². The molecule has 0 amide bonds. The summed E-state index contributed by atoms with van der Waals surface area (Å²) in [6.07, 6.45) is 15.5. The highest BCUT2D eigenvalue weighted by atomic mass is 16.7. The molecule has 0 bridgehead atoms. The van der Waals surface area contributed by atoms with E-state index in [0.29, 0.717) is 12.0 Å². The second-order valence-corrected chi connectivity index (χ2v) is 13.6. The molecule has 3 fully saturated rings. The van der Waals surface area contributed by atoms with Crippen molar-refractivity contribution in [3.05, 3.63) is 47.0 Å². The van der Waals surface area contributed by atoms with Crippen molar-refractivity contribution >= 4 is 0 Å². The Morgan fingerprint density at radius 3 is 1.27 bits per heavy atom. The van der Waals surface area contributed by atoms with Crippen LogP contribution in [-0.2, 0) is 14.2 Å². The van der Waals surface area contributed by atoms with E-state index in [0.717, 1.165) is 43.5 Å². The van der Waals surface area contributed by atoms with Gasteiger partial charge in [0, 0.05) is 12.5 Å². The maximum Gasteiger partial charge on any atom is 0.154 e. The van der Waals surface area contributed by atoms with Crippen LogP contribution in [0.5, 0.6) is 0 Å². The van der Waals surface area contributed by atoms with Gasteiger partial charge in [-0.05, 0) is 90.4 Å². The number of hydrogen-bond acceptors (Lipinski definition) is 3. The summed E-state index contributed by atoms with van der Waals surface area (Å²) in [7, 11) is 0. The van der Waals surface area contributed by atoms with Crippen molar-refractivity contribution in [2.45, 2.75) is 139 Å². The summed E-state index contributed by atoms with van der Waals surface area (Å²) >= 11 is 0. The third-order valence-electron chi connectivity index (χ3n) is 8.39. The smallest absolute Gasteiger partial charge is 0.154 e. The molecule has 3 nitrogen and oxygen atoms in total. The van der Waals surface area contributed by atoms with E-state index in [2.05, 4.69) is 92.7 Å². The Bertz CT molecular complexity index is 648. The molecule has 0 N–H and O–H groups in total. The zero-order valence-electron chi connectivity index (χ0n) is 28.1. The van der Waals surface area contributed by atoms with E-state index in [1.165, 1.54) is 68.9 Å². The predicted molar refractivity (Wildman–Crippen MR) is 174 cm³/mol. The van der Waals surface area contributed by atoms with Crippen LogP contribution in [0.15, 0.2) is 35.9 Å². The normalized spacial score (nSPS) is 31.6. The van der Waals surface area contributed by atoms with Crippen LogP contribution in [0.4, 0.5) is 0 Å². The molecule has 3 atom stereocenters. The van der Waals surface area contributed by atoms with Crippen LogP contribution in [0.25, 0.3) is 0 Å². The van der Waals surface area contributed by atoms with Crippen molar-refractivity contribution in [2.75, 3.05) is 19.8 Å². The number of ether oxygens (including phenoxy) is 3. The molecular weight excluding hydrogens is 492 g/mol. The summed E-state index contributed by atoms with van der Waals surface area (Å²) in [5.41, 5.74) is 4.24. The Morgan fingerprint density at radius 1 is 0.500 bits per heavy atom. The zero-order chi connectivity index (χ0) is 29.9. The average molecular weight is 559 g/mol. The highest BCUT2D eigenvalue weighted by Gasteiger charge is 2.15. The fraction of sp³-hybridized carbons (Fsp3) is 0.784. The standard InChI is InChI=1S/C8H16.C8H14.C8H10.C7H14O.C6H12O2/c3*1-7-3-5-8(2)6-4-7;1-6-3-4-7(2)8-5-6;1-5-3-7-6(2)8-4-5/h7-8H,3-6H2,1-2H3;3,8H,4-6H2,1-2H3;3-6H,1-2H3;6-7H,3-5H2,1-2H3;5-6H,3-4H2,1-2H3. The lowest BCUT2D eigenvalue weighted by Gasteiger charge is -2.24. The monoisotopic (exact) mass is 559 g/mol. The van der Waals surface area contributed by atoms with E-state index in [-0.39, 0.29) is 6.29 Å². The highest BCUT2D eigenvalue weighted by molar-refractivity contribution is 5.19. The van der Waals surface area contributed by atoms with E-state index in [4.69, 9.17) is 14.2 Å². The Morgan fingerprint density at radius 2 is 0.950 bits per heavy atom. The zero-order valence-corrected chi connectivity index (χ0v) is 28.1. The SMILES string of the molecule is CC1=CCC(C)CC1.CC1CCC(C)CC1.CC1CCC(C)OC1.CC1COC(C)OC1.Cc1ccc(C)cc1. The number of aryl methyl sites for hydroxylation is 2. The van der Waals surface area contributed by atoms with Crippen molar-refractivity contribution in [1.29, 1.82) is 0 Å². The minimum absolute atomic E-state index is 0.0196. The molecule has 0 radical (unpaired) electrons. The maximum atomic E-state index is 5.39. The molecule has 1 saturated carbocycles. The van der Waals surface area contributed by atoms with Crippen LogP contribution in [-0.4, -0.2) is 32.2 Å². The first kappa shape index (κ1) is 36.9. The van der Waals surface area contributed by atoms with Gasteiger partial charge in [-0.3, -0.25) is 0 Å². The number of allylic oxidation sites excluding steroid dienone is 2. The van der Waals surface area contributed by atoms with Gasteiger partial charge in [-0.25, -0.2) is 0 Å². The van der Waals surface area contributed by atoms with Crippen molar-refractivity contribution in [1.82, 2.24) is 0 Å². The Kier molecular flexibility index (Phi) is 19.8. The van der Waals surface area contributed by atoms with Gasteiger partial charge in [0.1, 0.15) is 0 Å². The molecule has 2 heterocycles. The van der Waals surface area contributed by atoms with Gasteiger partial charge >= 0.3 is 0 Å². The average Bonchev–Trinajstić information content (AvgIpc) is 2.94. The van der Waals surface area contributed by atoms with Crippen molar-refractivity contribution in [3.8, 4) is 0 Å². The second-order valence-electron chi connectivity index (χ2n) is 13.6. The molecule has 3 unspecified atom stereocenters. The second kappa shape index (κ2) is 21.5. The fourth-order valence-corrected chi connectivity index (χ4v) is 4.87. The Labute approximate surface area is 249 Å². The molecule has 2 saturated heterocycles. The van der Waals surface area contributed by atoms with Gasteiger partial charge in [-0.1, -0.05) is 107 Å². The van der Waals surface area contributed by atoms with Gasteiger partial charge < -0.3 is 14.2 Å². The van der Waals surface area contributed by atoms with Gasteiger partial charge in [-0.15, -0.1) is 0 Å². The predicted octanol–water partition coefficient (Wildman–Crippen LogP) is 10.7. The molecule has 2 aliphatic heterocycles. The van der Waals surface area contributed by atoms with E-state index in [1.807, 2.05) is 6.92 Å². The summed E-state index contributed by atoms with van der Waals surface area (Å²) in [5.74, 6) is 4.36. The third kappa shape index (κ3) is 19.8. The molecule has 1 aromatic rings. The molecule has 1 aromatic carbocycles. The van der Waals surface area contributed by atoms with Gasteiger partial charge in [0.2, 0.25) is 0 Å². The number of benzene rings is 1. The summed E-state index contributed by atoms with van der Waals surface area (Å²) in [6.45, 7) is 24.6. The van der Waals surface area contributed by atoms with E-state index < -0.39 is 0 Å². The Balaban J connectivity index is 0.000000250. The lowest BCUT2D eigenvalue weighted by atomic mass is 9.84. The van der Waals surface area contributed by atoms with Crippen LogP contribution in [0.2, 0.25) is 0 Å². The molecular formula is C37H66O3. The molecule has 40 heavy (non-hydrogen) atoms. The summed E-state index contributed by atoms with van der Waals surface area (Å²) in [6, 6.07) is 8.48. The molecule has 3 heteroatoms. The van der Waals surface area contributed by atoms with E-state index in [9.17, 15) is 0 Å². The van der Waals surface area contributed by atoms with Gasteiger partial charge in [0.15, 0.2) is 6.29 Å². The van der Waals surface area contributed by atoms with Crippen molar-refractivity contribution in [3.63, 3.8) is 0 Å². The summed E-state index contributed by atoms with van der Waals surface area (Å²) in [4.78, 5) is 0. The molecule has 4 aliphatic rings. The summed E-state index contributed by atoms with van der Waals surface area (Å²) in [5, 5.41) is 0. The fourth-order valence-electron chi connectivity index (χ4n) is 4.87.